The molecule has 1 aromatic heterocycles. The fraction of sp³-hybridized carbons (Fsp3) is 0.188. The fourth-order valence-corrected chi connectivity index (χ4v) is 2.83. The summed E-state index contributed by atoms with van der Waals surface area (Å²) in [6.07, 6.45) is 2.39. The van der Waals surface area contributed by atoms with Gasteiger partial charge < -0.3 is 14.5 Å². The van der Waals surface area contributed by atoms with Crippen molar-refractivity contribution >= 4 is 27.7 Å². The average molecular weight is 380 g/mol. The fourth-order valence-electron chi connectivity index (χ4n) is 1.95. The van der Waals surface area contributed by atoms with E-state index in [1.165, 1.54) is 30.5 Å². The number of hydrogen-bond acceptors (Lipinski definition) is 7. The predicted octanol–water partition coefficient (Wildman–Crippen LogP) is 0.866. The highest BCUT2D eigenvalue weighted by atomic mass is 32.2. The Bertz CT molecular complexity index is 904. The second-order valence-corrected chi connectivity index (χ2v) is 7.14. The van der Waals surface area contributed by atoms with E-state index in [0.29, 0.717) is 5.76 Å². The summed E-state index contributed by atoms with van der Waals surface area (Å²) in [6, 6.07) is 7.95. The number of furan rings is 1. The van der Waals surface area contributed by atoms with Crippen molar-refractivity contribution in [2.24, 2.45) is 0 Å². The van der Waals surface area contributed by atoms with E-state index in [1.54, 1.807) is 12.1 Å². The minimum Gasteiger partial charge on any atom is -0.467 e. The molecule has 0 aliphatic carbocycles. The molecule has 0 unspecified atom stereocenters. The monoisotopic (exact) mass is 380 g/mol. The summed E-state index contributed by atoms with van der Waals surface area (Å²) in [4.78, 5) is 35.0. The molecule has 2 N–H and O–H groups in total. The maximum atomic E-state index is 12.0. The molecule has 0 spiro atoms. The number of carbonyl (C=O) groups is 3. The summed E-state index contributed by atoms with van der Waals surface area (Å²) in [5.74, 6) is -1.36. The van der Waals surface area contributed by atoms with E-state index in [4.69, 9.17) is 9.15 Å². The molecule has 1 aromatic carbocycles. The van der Waals surface area contributed by atoms with Crippen LogP contribution < -0.4 is 10.6 Å². The quantitative estimate of drug-likeness (QED) is 0.711. The van der Waals surface area contributed by atoms with Crippen LogP contribution >= 0.6 is 0 Å². The molecule has 9 nitrogen and oxygen atoms in total. The SMILES string of the molecule is CS(=O)(=O)c1ccccc1C(=O)OCC(=O)NC(=O)NCc1ccco1. The summed E-state index contributed by atoms with van der Waals surface area (Å²) >= 11 is 0. The first-order chi connectivity index (χ1) is 12.3. The van der Waals surface area contributed by atoms with Gasteiger partial charge in [-0.25, -0.2) is 18.0 Å². The third-order valence-electron chi connectivity index (χ3n) is 3.10. The van der Waals surface area contributed by atoms with Crippen LogP contribution in [0.5, 0.6) is 0 Å². The Kier molecular flexibility index (Phi) is 6.12. The molecule has 0 bridgehead atoms. The molecule has 0 saturated carbocycles. The molecule has 0 saturated heterocycles. The van der Waals surface area contributed by atoms with Crippen LogP contribution in [0.25, 0.3) is 0 Å². The molecule has 2 aromatic rings. The second kappa shape index (κ2) is 8.30. The van der Waals surface area contributed by atoms with Crippen LogP contribution in [-0.4, -0.2) is 39.2 Å². The van der Waals surface area contributed by atoms with Crippen LogP contribution in [0.1, 0.15) is 16.1 Å². The molecule has 2 rings (SSSR count). The van der Waals surface area contributed by atoms with Crippen molar-refractivity contribution in [2.75, 3.05) is 12.9 Å². The minimum atomic E-state index is -3.64. The maximum absolute atomic E-state index is 12.0. The van der Waals surface area contributed by atoms with Crippen LogP contribution in [-0.2, 0) is 25.9 Å². The van der Waals surface area contributed by atoms with Crippen molar-refractivity contribution in [1.82, 2.24) is 10.6 Å². The van der Waals surface area contributed by atoms with E-state index in [0.717, 1.165) is 6.26 Å². The van der Waals surface area contributed by atoms with Crippen molar-refractivity contribution in [3.05, 3.63) is 54.0 Å². The van der Waals surface area contributed by atoms with Crippen LogP contribution in [0.2, 0.25) is 0 Å². The lowest BCUT2D eigenvalue weighted by atomic mass is 10.2. The van der Waals surface area contributed by atoms with Gasteiger partial charge in [0.25, 0.3) is 5.91 Å². The lowest BCUT2D eigenvalue weighted by Gasteiger charge is -2.09. The van der Waals surface area contributed by atoms with Crippen LogP contribution in [0, 0.1) is 0 Å². The normalized spacial score (nSPS) is 10.8. The number of benzene rings is 1. The molecule has 0 radical (unpaired) electrons. The Balaban J connectivity index is 1.85. The highest BCUT2D eigenvalue weighted by molar-refractivity contribution is 7.90. The number of amides is 3. The van der Waals surface area contributed by atoms with Gasteiger partial charge in [0.15, 0.2) is 16.4 Å². The lowest BCUT2D eigenvalue weighted by molar-refractivity contribution is -0.123. The zero-order valence-corrected chi connectivity index (χ0v) is 14.5. The Morgan fingerprint density at radius 1 is 1.12 bits per heavy atom. The molecule has 3 amide bonds. The van der Waals surface area contributed by atoms with E-state index in [9.17, 15) is 22.8 Å². The van der Waals surface area contributed by atoms with Gasteiger partial charge in [0, 0.05) is 6.26 Å². The highest BCUT2D eigenvalue weighted by Gasteiger charge is 2.20. The van der Waals surface area contributed by atoms with Gasteiger partial charge in [0.1, 0.15) is 5.76 Å². The average Bonchev–Trinajstić information content (AvgIpc) is 3.10. The summed E-state index contributed by atoms with van der Waals surface area (Å²) in [5.41, 5.74) is -0.190. The van der Waals surface area contributed by atoms with Gasteiger partial charge in [-0.1, -0.05) is 12.1 Å². The number of nitrogens with one attached hydrogen (secondary N) is 2. The molecule has 26 heavy (non-hydrogen) atoms. The highest BCUT2D eigenvalue weighted by Crippen LogP contribution is 2.16. The van der Waals surface area contributed by atoms with Crippen molar-refractivity contribution in [3.63, 3.8) is 0 Å². The zero-order valence-electron chi connectivity index (χ0n) is 13.7. The van der Waals surface area contributed by atoms with Gasteiger partial charge in [0.2, 0.25) is 0 Å². The molecule has 0 aliphatic rings. The van der Waals surface area contributed by atoms with Gasteiger partial charge in [-0.3, -0.25) is 10.1 Å². The molecule has 1 heterocycles. The maximum Gasteiger partial charge on any atom is 0.339 e. The molecule has 10 heteroatoms. The van der Waals surface area contributed by atoms with Gasteiger partial charge in [0.05, 0.1) is 23.3 Å². The van der Waals surface area contributed by atoms with Gasteiger partial charge >= 0.3 is 12.0 Å². The van der Waals surface area contributed by atoms with Crippen molar-refractivity contribution in [3.8, 4) is 0 Å². The zero-order chi connectivity index (χ0) is 19.2. The summed E-state index contributed by atoms with van der Waals surface area (Å²) in [6.45, 7) is -0.668. The summed E-state index contributed by atoms with van der Waals surface area (Å²) in [7, 11) is -3.64. The summed E-state index contributed by atoms with van der Waals surface area (Å²) in [5, 5.41) is 4.35. The van der Waals surface area contributed by atoms with Crippen molar-refractivity contribution < 1.29 is 32.0 Å². The first-order valence-corrected chi connectivity index (χ1v) is 9.23. The third-order valence-corrected chi connectivity index (χ3v) is 4.25. The van der Waals surface area contributed by atoms with Gasteiger partial charge in [-0.05, 0) is 24.3 Å². The van der Waals surface area contributed by atoms with E-state index in [2.05, 4.69) is 5.32 Å². The Labute approximate surface area is 149 Å². The topological polar surface area (TPSA) is 132 Å². The number of sulfone groups is 1. The first-order valence-electron chi connectivity index (χ1n) is 7.33. The Morgan fingerprint density at radius 3 is 2.50 bits per heavy atom. The van der Waals surface area contributed by atoms with E-state index in [1.807, 2.05) is 5.32 Å². The van der Waals surface area contributed by atoms with Crippen LogP contribution in [0.3, 0.4) is 0 Å². The number of hydrogen-bond donors (Lipinski definition) is 2. The molecule has 0 atom stereocenters. The van der Waals surface area contributed by atoms with E-state index < -0.39 is 34.4 Å². The van der Waals surface area contributed by atoms with E-state index >= 15 is 0 Å². The smallest absolute Gasteiger partial charge is 0.339 e. The second-order valence-electron chi connectivity index (χ2n) is 5.15. The Morgan fingerprint density at radius 2 is 1.85 bits per heavy atom. The predicted molar refractivity (Wildman–Crippen MR) is 88.9 cm³/mol. The Hall–Kier alpha value is -3.14. The summed E-state index contributed by atoms with van der Waals surface area (Å²) < 4.78 is 33.1. The number of ether oxygens (including phenoxy) is 1. The van der Waals surface area contributed by atoms with Crippen molar-refractivity contribution in [1.29, 1.82) is 0 Å². The number of carbonyl (C=O) groups excluding carboxylic acids is 3. The lowest BCUT2D eigenvalue weighted by Crippen LogP contribution is -2.41. The largest absolute Gasteiger partial charge is 0.467 e. The van der Waals surface area contributed by atoms with Gasteiger partial charge in [-0.15, -0.1) is 0 Å². The number of imide groups is 1. The number of urea groups is 1. The van der Waals surface area contributed by atoms with Crippen molar-refractivity contribution in [2.45, 2.75) is 11.4 Å². The minimum absolute atomic E-state index is 0.0770. The molecule has 0 aliphatic heterocycles. The van der Waals surface area contributed by atoms with E-state index in [-0.39, 0.29) is 17.0 Å². The number of rotatable bonds is 6. The number of esters is 1. The first kappa shape index (κ1) is 19.2. The van der Waals surface area contributed by atoms with Crippen LogP contribution in [0.4, 0.5) is 4.79 Å². The molecule has 0 fully saturated rings. The molecular weight excluding hydrogens is 364 g/mol. The van der Waals surface area contributed by atoms with Crippen LogP contribution in [0.15, 0.2) is 52.0 Å². The molecular formula is C16H16N2O7S. The standard InChI is InChI=1S/C16H16N2O7S/c1-26(22,23)13-7-3-2-6-12(13)15(20)25-10-14(19)18-16(21)17-9-11-5-4-8-24-11/h2-8H,9-10H2,1H3,(H2,17,18,19,21). The molecule has 138 valence electrons. The van der Waals surface area contributed by atoms with Gasteiger partial charge in [-0.2, -0.15) is 0 Å². The third kappa shape index (κ3) is 5.45.